The maximum Gasteiger partial charge on any atom is 0.0963 e. The normalized spacial score (nSPS) is 12.3. The Hall–Kier alpha value is -5.67. The summed E-state index contributed by atoms with van der Waals surface area (Å²) >= 11 is 0. The molecule has 10 rings (SSSR count). The van der Waals surface area contributed by atoms with Crippen LogP contribution in [0, 0.1) is 0 Å². The fourth-order valence-corrected chi connectivity index (χ4v) is 7.38. The maximum atomic E-state index is 4.79. The number of hydrogen-bond acceptors (Lipinski definition) is 1. The molecule has 0 amide bonds. The molecule has 1 aliphatic carbocycles. The number of hydrogen-bond donors (Lipinski definition) is 0. The molecule has 0 aliphatic heterocycles. The van der Waals surface area contributed by atoms with Crippen LogP contribution in [-0.4, -0.2) is 14.1 Å². The second kappa shape index (κ2) is 7.96. The van der Waals surface area contributed by atoms with Crippen LogP contribution in [0.25, 0.3) is 88.1 Å². The second-order valence-electron chi connectivity index (χ2n) is 11.2. The van der Waals surface area contributed by atoms with Gasteiger partial charge in [-0.25, -0.2) is 0 Å². The highest BCUT2D eigenvalue weighted by Crippen LogP contribution is 2.50. The molecule has 0 unspecified atom stereocenters. The topological polar surface area (TPSA) is 22.8 Å². The molecule has 194 valence electrons. The van der Waals surface area contributed by atoms with E-state index in [1.165, 1.54) is 71.4 Å². The molecule has 3 heterocycles. The summed E-state index contributed by atoms with van der Waals surface area (Å²) in [5.74, 6) is 0. The number of fused-ring (bicyclic) bond motifs is 9. The first-order valence-electron chi connectivity index (χ1n) is 14.4. The van der Waals surface area contributed by atoms with Crippen molar-refractivity contribution in [3.05, 3.63) is 140 Å². The quantitative estimate of drug-likeness (QED) is 0.217. The van der Waals surface area contributed by atoms with Crippen LogP contribution in [0.3, 0.4) is 0 Å². The smallest absolute Gasteiger partial charge is 0.0963 e. The van der Waals surface area contributed by atoms with Gasteiger partial charge in [-0.05, 0) is 87.6 Å². The Kier molecular flexibility index (Phi) is 4.18. The highest BCUT2D eigenvalue weighted by Gasteiger charge is 2.25. The lowest BCUT2D eigenvalue weighted by atomic mass is 10.0. The number of benzene rings is 6. The molecule has 0 radical (unpaired) electrons. The summed E-state index contributed by atoms with van der Waals surface area (Å²) in [6.07, 6.45) is 1.89. The zero-order chi connectivity index (χ0) is 27.4. The van der Waals surface area contributed by atoms with E-state index >= 15 is 0 Å². The fourth-order valence-electron chi connectivity index (χ4n) is 7.38. The first-order valence-corrected chi connectivity index (χ1v) is 14.4. The number of nitrogens with zero attached hydrogens (tertiary/aromatic N) is 3. The van der Waals surface area contributed by atoms with Gasteiger partial charge >= 0.3 is 0 Å². The third-order valence-electron chi connectivity index (χ3n) is 9.05. The maximum absolute atomic E-state index is 4.79. The zero-order valence-corrected chi connectivity index (χ0v) is 22.6. The van der Waals surface area contributed by atoms with Crippen LogP contribution in [0.5, 0.6) is 0 Å². The average molecular weight is 534 g/mol. The molecule has 42 heavy (non-hydrogen) atoms. The molecule has 0 saturated heterocycles. The lowest BCUT2D eigenvalue weighted by Gasteiger charge is -2.14. The van der Waals surface area contributed by atoms with Crippen molar-refractivity contribution in [1.29, 1.82) is 0 Å². The number of aromatic nitrogens is 3. The predicted molar refractivity (Wildman–Crippen MR) is 175 cm³/mol. The Balaban J connectivity index is 1.35. The molecular formula is C39H23N3. The van der Waals surface area contributed by atoms with Gasteiger partial charge in [0.15, 0.2) is 0 Å². The molecule has 0 fully saturated rings. The second-order valence-corrected chi connectivity index (χ2v) is 11.2. The lowest BCUT2D eigenvalue weighted by molar-refractivity contribution is 1.18. The van der Waals surface area contributed by atoms with Crippen LogP contribution in [-0.2, 0) is 0 Å². The van der Waals surface area contributed by atoms with E-state index in [1.54, 1.807) is 0 Å². The van der Waals surface area contributed by atoms with Crippen LogP contribution >= 0.6 is 0 Å². The van der Waals surface area contributed by atoms with Gasteiger partial charge in [0.2, 0.25) is 0 Å². The molecule has 6 aromatic carbocycles. The van der Waals surface area contributed by atoms with Gasteiger partial charge in [-0.1, -0.05) is 78.9 Å². The van der Waals surface area contributed by atoms with E-state index in [2.05, 4.69) is 137 Å². The van der Waals surface area contributed by atoms with Gasteiger partial charge in [0.1, 0.15) is 0 Å². The van der Waals surface area contributed by atoms with Crippen molar-refractivity contribution >= 4 is 54.5 Å². The first kappa shape index (κ1) is 22.1. The van der Waals surface area contributed by atoms with E-state index in [9.17, 15) is 0 Å². The van der Waals surface area contributed by atoms with Crippen LogP contribution in [0.2, 0.25) is 0 Å². The van der Waals surface area contributed by atoms with Crippen molar-refractivity contribution in [3.63, 3.8) is 0 Å². The Labute approximate surface area is 241 Å². The summed E-state index contributed by atoms with van der Waals surface area (Å²) in [4.78, 5) is 4.79. The minimum atomic E-state index is 1.03. The molecule has 0 N–H and O–H groups in total. The Morgan fingerprint density at radius 1 is 0.405 bits per heavy atom. The summed E-state index contributed by atoms with van der Waals surface area (Å²) in [5, 5.41) is 6.28. The summed E-state index contributed by atoms with van der Waals surface area (Å²) in [6, 6.07) is 48.6. The van der Waals surface area contributed by atoms with Crippen molar-refractivity contribution in [2.45, 2.75) is 0 Å². The van der Waals surface area contributed by atoms with Crippen LogP contribution in [0.15, 0.2) is 140 Å². The van der Waals surface area contributed by atoms with Crippen molar-refractivity contribution in [2.75, 3.05) is 0 Å². The van der Waals surface area contributed by atoms with Gasteiger partial charge in [0, 0.05) is 33.7 Å². The highest BCUT2D eigenvalue weighted by molar-refractivity contribution is 6.18. The SMILES string of the molecule is c1ccc2c(c1)-c1cc(-n3c4ccccc4c4ccccc43)cc3cc(-n4c5ccccc5c5ncccc54)cc-2c13. The largest absolute Gasteiger partial charge is 0.309 e. The summed E-state index contributed by atoms with van der Waals surface area (Å²) in [5.41, 5.74) is 13.3. The molecule has 0 spiro atoms. The minimum Gasteiger partial charge on any atom is -0.309 e. The Bertz CT molecular complexity index is 2300. The Morgan fingerprint density at radius 3 is 1.50 bits per heavy atom. The Morgan fingerprint density at radius 2 is 0.881 bits per heavy atom. The number of pyridine rings is 1. The van der Waals surface area contributed by atoms with Gasteiger partial charge in [0.25, 0.3) is 0 Å². The molecule has 0 saturated carbocycles. The van der Waals surface area contributed by atoms with Crippen LogP contribution < -0.4 is 0 Å². The summed E-state index contributed by atoms with van der Waals surface area (Å²) in [7, 11) is 0. The number of para-hydroxylation sites is 3. The standard InChI is InChI=1S/C39H23N3/c1-2-11-28-27(10-1)32-22-25(41-34-15-6-3-12-29(34)30-13-4-7-16-35(30)41)20-24-21-26(23-33(28)38(24)32)42-36-17-8-5-14-31(36)39-37(42)18-9-19-40-39/h1-23H. The minimum absolute atomic E-state index is 1.03. The van der Waals surface area contributed by atoms with E-state index in [0.29, 0.717) is 0 Å². The van der Waals surface area contributed by atoms with Gasteiger partial charge in [-0.15, -0.1) is 0 Å². The molecule has 3 heteroatoms. The van der Waals surface area contributed by atoms with Gasteiger partial charge < -0.3 is 9.13 Å². The molecule has 1 aliphatic rings. The highest BCUT2D eigenvalue weighted by atomic mass is 15.0. The van der Waals surface area contributed by atoms with E-state index in [0.717, 1.165) is 16.7 Å². The van der Waals surface area contributed by atoms with Crippen molar-refractivity contribution in [3.8, 4) is 33.6 Å². The predicted octanol–water partition coefficient (Wildman–Crippen LogP) is 10.1. The van der Waals surface area contributed by atoms with Gasteiger partial charge in [-0.2, -0.15) is 0 Å². The fraction of sp³-hybridized carbons (Fsp3) is 0. The van der Waals surface area contributed by atoms with Crippen molar-refractivity contribution < 1.29 is 0 Å². The van der Waals surface area contributed by atoms with Crippen LogP contribution in [0.1, 0.15) is 0 Å². The molecule has 3 aromatic heterocycles. The number of rotatable bonds is 2. The summed E-state index contributed by atoms with van der Waals surface area (Å²) in [6.45, 7) is 0. The third kappa shape index (κ3) is 2.77. The molecule has 3 nitrogen and oxygen atoms in total. The summed E-state index contributed by atoms with van der Waals surface area (Å²) < 4.78 is 4.81. The molecule has 9 aromatic rings. The third-order valence-corrected chi connectivity index (χ3v) is 9.05. The van der Waals surface area contributed by atoms with Crippen molar-refractivity contribution in [2.24, 2.45) is 0 Å². The molecular weight excluding hydrogens is 510 g/mol. The van der Waals surface area contributed by atoms with Crippen molar-refractivity contribution in [1.82, 2.24) is 14.1 Å². The molecule has 0 atom stereocenters. The molecule has 0 bridgehead atoms. The van der Waals surface area contributed by atoms with Gasteiger partial charge in [-0.3, -0.25) is 4.98 Å². The first-order chi connectivity index (χ1) is 20.8. The lowest BCUT2D eigenvalue weighted by Crippen LogP contribution is -1.97. The average Bonchev–Trinajstić information content (AvgIpc) is 3.68. The van der Waals surface area contributed by atoms with E-state index < -0.39 is 0 Å². The van der Waals surface area contributed by atoms with E-state index in [-0.39, 0.29) is 0 Å². The van der Waals surface area contributed by atoms with Gasteiger partial charge in [0.05, 0.1) is 27.6 Å². The zero-order valence-electron chi connectivity index (χ0n) is 22.6. The van der Waals surface area contributed by atoms with Crippen LogP contribution in [0.4, 0.5) is 0 Å². The van der Waals surface area contributed by atoms with E-state index in [1.807, 2.05) is 12.3 Å². The van der Waals surface area contributed by atoms with E-state index in [4.69, 9.17) is 4.98 Å². The monoisotopic (exact) mass is 533 g/mol.